The quantitative estimate of drug-likeness (QED) is 0.385. The predicted octanol–water partition coefficient (Wildman–Crippen LogP) is 1.80. The zero-order valence-corrected chi connectivity index (χ0v) is 15.3. The fourth-order valence-electron chi connectivity index (χ4n) is 2.12. The topological polar surface area (TPSA) is 73.3 Å². The van der Waals surface area contributed by atoms with Gasteiger partial charge in [-0.1, -0.05) is 0 Å². The van der Waals surface area contributed by atoms with E-state index in [0.717, 1.165) is 18.1 Å². The van der Waals surface area contributed by atoms with Crippen LogP contribution >= 0.6 is 0 Å². The number of guanidine groups is 1. The van der Waals surface area contributed by atoms with E-state index in [1.807, 2.05) is 26.0 Å². The van der Waals surface area contributed by atoms with Gasteiger partial charge in [-0.05, 0) is 31.5 Å². The Morgan fingerprint density at radius 3 is 2.17 bits per heavy atom. The lowest BCUT2D eigenvalue weighted by molar-refractivity contribution is 0.152. The van der Waals surface area contributed by atoms with Gasteiger partial charge in [0, 0.05) is 19.7 Å². The minimum absolute atomic E-state index is 0.487. The monoisotopic (exact) mass is 339 g/mol. The van der Waals surface area contributed by atoms with Crippen molar-refractivity contribution in [2.75, 3.05) is 47.6 Å². The Labute approximate surface area is 144 Å². The summed E-state index contributed by atoms with van der Waals surface area (Å²) < 4.78 is 21.4. The second-order valence-electron chi connectivity index (χ2n) is 4.85. The summed E-state index contributed by atoms with van der Waals surface area (Å²) in [6.45, 7) is 7.33. The molecule has 0 saturated carbocycles. The van der Waals surface area contributed by atoms with Crippen LogP contribution in [0.15, 0.2) is 17.1 Å². The molecule has 0 fully saturated rings. The van der Waals surface area contributed by atoms with Gasteiger partial charge in [-0.2, -0.15) is 0 Å². The van der Waals surface area contributed by atoms with E-state index in [0.29, 0.717) is 43.6 Å². The van der Waals surface area contributed by atoms with Crippen LogP contribution < -0.4 is 24.8 Å². The van der Waals surface area contributed by atoms with E-state index in [1.165, 1.54) is 0 Å². The maximum atomic E-state index is 5.36. The van der Waals surface area contributed by atoms with Crippen LogP contribution in [0, 0.1) is 0 Å². The molecule has 24 heavy (non-hydrogen) atoms. The lowest BCUT2D eigenvalue weighted by atomic mass is 10.2. The van der Waals surface area contributed by atoms with Crippen LogP contribution in [0.3, 0.4) is 0 Å². The highest BCUT2D eigenvalue weighted by Gasteiger charge is 2.13. The fraction of sp³-hybridized carbons (Fsp3) is 0.588. The van der Waals surface area contributed by atoms with Gasteiger partial charge < -0.3 is 29.6 Å². The normalized spacial score (nSPS) is 11.1. The number of aliphatic imine (C=N–C) groups is 1. The molecule has 0 aliphatic rings. The molecule has 0 unspecified atom stereocenters. The van der Waals surface area contributed by atoms with Crippen LogP contribution in [-0.4, -0.2) is 53.6 Å². The third-order valence-corrected chi connectivity index (χ3v) is 3.23. The summed E-state index contributed by atoms with van der Waals surface area (Å²) in [5, 5.41) is 6.44. The van der Waals surface area contributed by atoms with Crippen molar-refractivity contribution in [3.05, 3.63) is 17.7 Å². The first-order valence-electron chi connectivity index (χ1n) is 8.08. The molecule has 0 amide bonds. The van der Waals surface area contributed by atoms with Gasteiger partial charge in [0.1, 0.15) is 0 Å². The van der Waals surface area contributed by atoms with E-state index in [2.05, 4.69) is 15.6 Å². The molecule has 136 valence electrons. The molecule has 1 aromatic rings. The number of ether oxygens (including phenoxy) is 4. The fourth-order valence-corrected chi connectivity index (χ4v) is 2.12. The standard InChI is InChI=1S/C17H29N3O4/c1-6-18-17(19-8-9-24-7-2)20-12-13-10-14(21-3)16(23-5)15(11-13)22-4/h10-11H,6-9,12H2,1-5H3,(H2,18,19,20). The molecule has 7 heteroatoms. The number of hydrogen-bond acceptors (Lipinski definition) is 5. The van der Waals surface area contributed by atoms with E-state index in [-0.39, 0.29) is 0 Å². The molecule has 0 radical (unpaired) electrons. The Bertz CT molecular complexity index is 496. The zero-order chi connectivity index (χ0) is 17.8. The van der Waals surface area contributed by atoms with Crippen LogP contribution in [0.2, 0.25) is 0 Å². The predicted molar refractivity (Wildman–Crippen MR) is 95.4 cm³/mol. The van der Waals surface area contributed by atoms with E-state index in [1.54, 1.807) is 21.3 Å². The lowest BCUT2D eigenvalue weighted by Gasteiger charge is -2.14. The molecule has 0 aromatic heterocycles. The minimum Gasteiger partial charge on any atom is -0.493 e. The summed E-state index contributed by atoms with van der Waals surface area (Å²) in [6.07, 6.45) is 0. The first kappa shape index (κ1) is 19.9. The maximum Gasteiger partial charge on any atom is 0.203 e. The summed E-state index contributed by atoms with van der Waals surface area (Å²) in [4.78, 5) is 4.57. The Kier molecular flexibility index (Phi) is 9.45. The first-order chi connectivity index (χ1) is 11.7. The summed E-state index contributed by atoms with van der Waals surface area (Å²) in [5.41, 5.74) is 0.964. The van der Waals surface area contributed by atoms with Crippen molar-refractivity contribution >= 4 is 5.96 Å². The second-order valence-corrected chi connectivity index (χ2v) is 4.85. The van der Waals surface area contributed by atoms with Gasteiger partial charge in [0.25, 0.3) is 0 Å². The van der Waals surface area contributed by atoms with Crippen LogP contribution in [0.25, 0.3) is 0 Å². The third kappa shape index (κ3) is 6.16. The largest absolute Gasteiger partial charge is 0.493 e. The lowest BCUT2D eigenvalue weighted by Crippen LogP contribution is -2.39. The van der Waals surface area contributed by atoms with Crippen LogP contribution in [-0.2, 0) is 11.3 Å². The van der Waals surface area contributed by atoms with Gasteiger partial charge in [-0.25, -0.2) is 4.99 Å². The summed E-state index contributed by atoms with van der Waals surface area (Å²) in [5.74, 6) is 2.56. The Morgan fingerprint density at radius 1 is 1.00 bits per heavy atom. The highest BCUT2D eigenvalue weighted by atomic mass is 16.5. The average molecular weight is 339 g/mol. The van der Waals surface area contributed by atoms with Crippen molar-refractivity contribution in [2.45, 2.75) is 20.4 Å². The van der Waals surface area contributed by atoms with Crippen LogP contribution in [0.1, 0.15) is 19.4 Å². The van der Waals surface area contributed by atoms with Gasteiger partial charge in [0.15, 0.2) is 17.5 Å². The third-order valence-electron chi connectivity index (χ3n) is 3.23. The van der Waals surface area contributed by atoms with Crippen molar-refractivity contribution in [2.24, 2.45) is 4.99 Å². The molecule has 0 saturated heterocycles. The molecule has 0 aliphatic carbocycles. The van der Waals surface area contributed by atoms with Crippen LogP contribution in [0.5, 0.6) is 17.2 Å². The van der Waals surface area contributed by atoms with Gasteiger partial charge in [0.2, 0.25) is 5.75 Å². The number of rotatable bonds is 10. The maximum absolute atomic E-state index is 5.36. The highest BCUT2D eigenvalue weighted by Crippen LogP contribution is 2.38. The molecule has 7 nitrogen and oxygen atoms in total. The Hall–Kier alpha value is -2.15. The number of hydrogen-bond donors (Lipinski definition) is 2. The van der Waals surface area contributed by atoms with E-state index >= 15 is 0 Å². The Balaban J connectivity index is 2.84. The first-order valence-corrected chi connectivity index (χ1v) is 8.08. The molecular formula is C17H29N3O4. The molecule has 0 bridgehead atoms. The van der Waals surface area contributed by atoms with Crippen molar-refractivity contribution in [1.29, 1.82) is 0 Å². The summed E-state index contributed by atoms with van der Waals surface area (Å²) in [6, 6.07) is 3.79. The zero-order valence-electron chi connectivity index (χ0n) is 15.3. The van der Waals surface area contributed by atoms with Gasteiger partial charge in [0.05, 0.1) is 34.5 Å². The molecule has 0 heterocycles. The number of methoxy groups -OCH3 is 3. The molecular weight excluding hydrogens is 310 g/mol. The molecule has 1 rings (SSSR count). The molecule has 2 N–H and O–H groups in total. The van der Waals surface area contributed by atoms with Gasteiger partial charge in [-0.3, -0.25) is 0 Å². The smallest absolute Gasteiger partial charge is 0.203 e. The average Bonchev–Trinajstić information content (AvgIpc) is 2.61. The summed E-state index contributed by atoms with van der Waals surface area (Å²) in [7, 11) is 4.79. The van der Waals surface area contributed by atoms with Crippen molar-refractivity contribution < 1.29 is 18.9 Å². The van der Waals surface area contributed by atoms with Gasteiger partial charge in [-0.15, -0.1) is 0 Å². The minimum atomic E-state index is 0.487. The van der Waals surface area contributed by atoms with Gasteiger partial charge >= 0.3 is 0 Å². The summed E-state index contributed by atoms with van der Waals surface area (Å²) >= 11 is 0. The molecule has 0 atom stereocenters. The number of nitrogens with zero attached hydrogens (tertiary/aromatic N) is 1. The Morgan fingerprint density at radius 2 is 1.67 bits per heavy atom. The SMILES string of the molecule is CCNC(=NCc1cc(OC)c(OC)c(OC)c1)NCCOCC. The number of nitrogens with one attached hydrogen (secondary N) is 2. The second kappa shape index (κ2) is 11.4. The van der Waals surface area contributed by atoms with E-state index in [4.69, 9.17) is 18.9 Å². The van der Waals surface area contributed by atoms with Crippen molar-refractivity contribution in [1.82, 2.24) is 10.6 Å². The highest BCUT2D eigenvalue weighted by molar-refractivity contribution is 5.79. The molecule has 0 aliphatic heterocycles. The van der Waals surface area contributed by atoms with Crippen LogP contribution in [0.4, 0.5) is 0 Å². The number of benzene rings is 1. The molecule has 0 spiro atoms. The van der Waals surface area contributed by atoms with E-state index in [9.17, 15) is 0 Å². The van der Waals surface area contributed by atoms with Crippen molar-refractivity contribution in [3.8, 4) is 17.2 Å². The van der Waals surface area contributed by atoms with E-state index < -0.39 is 0 Å². The van der Waals surface area contributed by atoms with Crippen molar-refractivity contribution in [3.63, 3.8) is 0 Å². The molecule has 1 aromatic carbocycles.